The Labute approximate surface area is 88.3 Å². The van der Waals surface area contributed by atoms with Crippen LogP contribution in [0.1, 0.15) is 42.7 Å². The molecule has 1 saturated carbocycles. The van der Waals surface area contributed by atoms with Crippen molar-refractivity contribution in [3.05, 3.63) is 17.0 Å². The van der Waals surface area contributed by atoms with Gasteiger partial charge in [0, 0.05) is 5.56 Å². The van der Waals surface area contributed by atoms with E-state index in [1.165, 1.54) is 0 Å². The summed E-state index contributed by atoms with van der Waals surface area (Å²) in [5, 5.41) is 13.3. The highest BCUT2D eigenvalue weighted by Gasteiger charge is 2.46. The van der Waals surface area contributed by atoms with E-state index in [4.69, 9.17) is 4.52 Å². The van der Waals surface area contributed by atoms with Crippen LogP contribution in [-0.4, -0.2) is 16.2 Å². The number of carboxylic acids is 1. The summed E-state index contributed by atoms with van der Waals surface area (Å²) in [6, 6.07) is 0. The molecule has 4 nitrogen and oxygen atoms in total. The maximum absolute atomic E-state index is 11.5. The molecule has 82 valence electrons. The number of hydrogen-bond donors (Lipinski definition) is 1. The minimum atomic E-state index is -0.742. The molecule has 0 radical (unpaired) electrons. The fraction of sp³-hybridized carbons (Fsp3) is 0.636. The van der Waals surface area contributed by atoms with E-state index in [0.29, 0.717) is 18.6 Å². The number of carboxylic acid groups (broad SMARTS) is 1. The van der Waals surface area contributed by atoms with Crippen molar-refractivity contribution in [2.24, 2.45) is 0 Å². The summed E-state index contributed by atoms with van der Waals surface area (Å²) in [7, 11) is 0. The minimum absolute atomic E-state index is 0.650. The van der Waals surface area contributed by atoms with Crippen LogP contribution in [0.3, 0.4) is 0 Å². The summed E-state index contributed by atoms with van der Waals surface area (Å²) < 4.78 is 5.07. The first-order valence-corrected chi connectivity index (χ1v) is 5.25. The lowest BCUT2D eigenvalue weighted by atomic mass is 9.78. The Morgan fingerprint density at radius 2 is 2.00 bits per heavy atom. The zero-order chi connectivity index (χ0) is 11.1. The van der Waals surface area contributed by atoms with Crippen LogP contribution in [-0.2, 0) is 10.2 Å². The monoisotopic (exact) mass is 209 g/mol. The van der Waals surface area contributed by atoms with Gasteiger partial charge in [-0.3, -0.25) is 4.79 Å². The van der Waals surface area contributed by atoms with Gasteiger partial charge in [-0.05, 0) is 26.7 Å². The van der Waals surface area contributed by atoms with Gasteiger partial charge in [0.1, 0.15) is 5.76 Å². The van der Waals surface area contributed by atoms with Crippen LogP contribution >= 0.6 is 0 Å². The number of rotatable bonds is 2. The quantitative estimate of drug-likeness (QED) is 0.810. The molecule has 0 saturated heterocycles. The number of aryl methyl sites for hydroxylation is 2. The molecule has 0 amide bonds. The second-order valence-corrected chi connectivity index (χ2v) is 4.29. The molecule has 1 aliphatic carbocycles. The Bertz CT molecular complexity index is 369. The van der Waals surface area contributed by atoms with E-state index in [1.54, 1.807) is 6.92 Å². The van der Waals surface area contributed by atoms with Crippen molar-refractivity contribution in [2.45, 2.75) is 44.9 Å². The average molecular weight is 209 g/mol. The molecular formula is C11H15NO3. The number of nitrogens with zero attached hydrogens (tertiary/aromatic N) is 1. The van der Waals surface area contributed by atoms with Gasteiger partial charge < -0.3 is 9.63 Å². The molecule has 0 unspecified atom stereocenters. The largest absolute Gasteiger partial charge is 0.481 e. The molecule has 15 heavy (non-hydrogen) atoms. The molecule has 1 aliphatic rings. The lowest BCUT2D eigenvalue weighted by molar-refractivity contribution is -0.143. The van der Waals surface area contributed by atoms with Gasteiger partial charge in [-0.2, -0.15) is 0 Å². The Kier molecular flexibility index (Phi) is 2.29. The SMILES string of the molecule is Cc1noc(C)c1C1(C(=O)O)CCCC1. The minimum Gasteiger partial charge on any atom is -0.481 e. The summed E-state index contributed by atoms with van der Waals surface area (Å²) in [6.45, 7) is 3.60. The topological polar surface area (TPSA) is 63.3 Å². The van der Waals surface area contributed by atoms with Gasteiger partial charge in [-0.1, -0.05) is 18.0 Å². The van der Waals surface area contributed by atoms with Crippen LogP contribution in [0.4, 0.5) is 0 Å². The molecule has 1 heterocycles. The average Bonchev–Trinajstić information content (AvgIpc) is 2.74. The third-order valence-corrected chi connectivity index (χ3v) is 3.38. The molecular weight excluding hydrogens is 194 g/mol. The van der Waals surface area contributed by atoms with Gasteiger partial charge in [0.2, 0.25) is 0 Å². The van der Waals surface area contributed by atoms with Gasteiger partial charge in [0.15, 0.2) is 0 Å². The van der Waals surface area contributed by atoms with Crippen molar-refractivity contribution >= 4 is 5.97 Å². The predicted octanol–water partition coefficient (Wildman–Crippen LogP) is 2.19. The summed E-state index contributed by atoms with van der Waals surface area (Å²) in [6.07, 6.45) is 3.34. The number of aromatic nitrogens is 1. The molecule has 1 fully saturated rings. The normalized spacial score (nSPS) is 19.3. The van der Waals surface area contributed by atoms with Gasteiger partial charge in [-0.15, -0.1) is 0 Å². The van der Waals surface area contributed by atoms with Gasteiger partial charge in [0.25, 0.3) is 0 Å². The van der Waals surface area contributed by atoms with Crippen LogP contribution in [0.5, 0.6) is 0 Å². The van der Waals surface area contributed by atoms with Crippen molar-refractivity contribution in [1.29, 1.82) is 0 Å². The van der Waals surface area contributed by atoms with Crippen molar-refractivity contribution in [2.75, 3.05) is 0 Å². The second kappa shape index (κ2) is 3.36. The van der Waals surface area contributed by atoms with E-state index in [9.17, 15) is 9.90 Å². The molecule has 1 aromatic rings. The molecule has 4 heteroatoms. The van der Waals surface area contributed by atoms with Crippen LogP contribution in [0.2, 0.25) is 0 Å². The third kappa shape index (κ3) is 1.35. The zero-order valence-corrected chi connectivity index (χ0v) is 9.04. The van der Waals surface area contributed by atoms with Crippen molar-refractivity contribution < 1.29 is 14.4 Å². The molecule has 0 aliphatic heterocycles. The van der Waals surface area contributed by atoms with E-state index in [0.717, 1.165) is 24.1 Å². The van der Waals surface area contributed by atoms with Gasteiger partial charge >= 0.3 is 5.97 Å². The maximum Gasteiger partial charge on any atom is 0.314 e. The maximum atomic E-state index is 11.5. The first kappa shape index (κ1) is 10.2. The van der Waals surface area contributed by atoms with E-state index >= 15 is 0 Å². The molecule has 0 bridgehead atoms. The Morgan fingerprint density at radius 1 is 1.40 bits per heavy atom. The highest BCUT2D eigenvalue weighted by atomic mass is 16.5. The first-order chi connectivity index (χ1) is 7.08. The van der Waals surface area contributed by atoms with Crippen molar-refractivity contribution in [3.63, 3.8) is 0 Å². The molecule has 1 N–H and O–H groups in total. The molecule has 2 rings (SSSR count). The summed E-state index contributed by atoms with van der Waals surface area (Å²) in [4.78, 5) is 11.5. The van der Waals surface area contributed by atoms with E-state index in [1.807, 2.05) is 6.92 Å². The van der Waals surface area contributed by atoms with E-state index < -0.39 is 11.4 Å². The zero-order valence-electron chi connectivity index (χ0n) is 9.04. The van der Waals surface area contributed by atoms with Crippen molar-refractivity contribution in [1.82, 2.24) is 5.16 Å². The molecule has 0 aromatic carbocycles. The number of carbonyl (C=O) groups is 1. The second-order valence-electron chi connectivity index (χ2n) is 4.29. The Balaban J connectivity index is 2.54. The summed E-state index contributed by atoms with van der Waals surface area (Å²) in [5.41, 5.74) is 0.776. The Hall–Kier alpha value is -1.32. The summed E-state index contributed by atoms with van der Waals surface area (Å²) >= 11 is 0. The van der Waals surface area contributed by atoms with E-state index in [2.05, 4.69) is 5.16 Å². The van der Waals surface area contributed by atoms with Crippen LogP contribution in [0.25, 0.3) is 0 Å². The van der Waals surface area contributed by atoms with Crippen molar-refractivity contribution in [3.8, 4) is 0 Å². The highest BCUT2D eigenvalue weighted by molar-refractivity contribution is 5.82. The smallest absolute Gasteiger partial charge is 0.314 e. The lowest BCUT2D eigenvalue weighted by Gasteiger charge is -2.23. The number of hydrogen-bond acceptors (Lipinski definition) is 3. The molecule has 0 spiro atoms. The van der Waals surface area contributed by atoms with Gasteiger partial charge in [-0.25, -0.2) is 0 Å². The van der Waals surface area contributed by atoms with Gasteiger partial charge in [0.05, 0.1) is 11.1 Å². The van der Waals surface area contributed by atoms with Crippen LogP contribution in [0.15, 0.2) is 4.52 Å². The lowest BCUT2D eigenvalue weighted by Crippen LogP contribution is -2.33. The third-order valence-electron chi connectivity index (χ3n) is 3.38. The van der Waals surface area contributed by atoms with E-state index in [-0.39, 0.29) is 0 Å². The number of aliphatic carboxylic acids is 1. The van der Waals surface area contributed by atoms with Crippen LogP contribution in [0, 0.1) is 13.8 Å². The fourth-order valence-electron chi connectivity index (χ4n) is 2.72. The Morgan fingerprint density at radius 3 is 2.40 bits per heavy atom. The summed E-state index contributed by atoms with van der Waals surface area (Å²) in [5.74, 6) is -0.0915. The fourth-order valence-corrected chi connectivity index (χ4v) is 2.72. The van der Waals surface area contributed by atoms with Crippen LogP contribution < -0.4 is 0 Å². The standard InChI is InChI=1S/C11H15NO3/c1-7-9(8(2)15-12-7)11(10(13)14)5-3-4-6-11/h3-6H2,1-2H3,(H,13,14). The highest BCUT2D eigenvalue weighted by Crippen LogP contribution is 2.43. The molecule has 0 atom stereocenters. The first-order valence-electron chi connectivity index (χ1n) is 5.25. The molecule has 1 aromatic heterocycles. The predicted molar refractivity (Wildman–Crippen MR) is 53.8 cm³/mol.